The van der Waals surface area contributed by atoms with Crippen molar-refractivity contribution in [2.45, 2.75) is 12.8 Å². The van der Waals surface area contributed by atoms with Gasteiger partial charge in [0.2, 0.25) is 0 Å². The third kappa shape index (κ3) is 2.85. The number of aryl methyl sites for hydroxylation is 1. The summed E-state index contributed by atoms with van der Waals surface area (Å²) in [6.45, 7) is 1.70. The number of Topliss-reactive ketones (excluding diaryl/α,β-unsaturated/α-hetero) is 1. The summed E-state index contributed by atoms with van der Waals surface area (Å²) in [7, 11) is 0. The number of hydrogen-bond donors (Lipinski definition) is 0. The number of pyridine rings is 1. The Morgan fingerprint density at radius 3 is 2.65 bits per heavy atom. The van der Waals surface area contributed by atoms with Gasteiger partial charge in [0.25, 0.3) is 5.89 Å². The maximum absolute atomic E-state index is 12.8. The van der Waals surface area contributed by atoms with Gasteiger partial charge in [-0.25, -0.2) is 0 Å². The molecule has 2 heterocycles. The van der Waals surface area contributed by atoms with Crippen LogP contribution in [0, 0.1) is 18.3 Å². The lowest BCUT2D eigenvalue weighted by molar-refractivity contribution is 0.0978. The van der Waals surface area contributed by atoms with E-state index in [1.165, 1.54) is 0 Å². The Bertz CT molecular complexity index is 881. The second-order valence-corrected chi connectivity index (χ2v) is 4.87. The number of ketones is 1. The molecule has 0 aliphatic carbocycles. The number of rotatable bonds is 4. The quantitative estimate of drug-likeness (QED) is 0.688. The van der Waals surface area contributed by atoms with Crippen LogP contribution in [-0.2, 0) is 0 Å². The van der Waals surface area contributed by atoms with Gasteiger partial charge in [0.1, 0.15) is 0 Å². The first-order valence-corrected chi connectivity index (χ1v) is 6.95. The van der Waals surface area contributed by atoms with Crippen LogP contribution in [0.2, 0.25) is 0 Å². The molecule has 1 atom stereocenters. The first kappa shape index (κ1) is 14.6. The monoisotopic (exact) mass is 304 g/mol. The van der Waals surface area contributed by atoms with Crippen molar-refractivity contribution >= 4 is 5.78 Å². The number of carbonyl (C=O) groups excluding carboxylic acids is 1. The Morgan fingerprint density at radius 1 is 1.22 bits per heavy atom. The molecule has 0 spiro atoms. The second-order valence-electron chi connectivity index (χ2n) is 4.87. The highest BCUT2D eigenvalue weighted by molar-refractivity contribution is 6.06. The lowest BCUT2D eigenvalue weighted by Crippen LogP contribution is -2.13. The molecule has 3 rings (SSSR count). The maximum Gasteiger partial charge on any atom is 0.258 e. The van der Waals surface area contributed by atoms with Crippen molar-refractivity contribution in [3.63, 3.8) is 0 Å². The minimum absolute atomic E-state index is 0.254. The van der Waals surface area contributed by atoms with Gasteiger partial charge in [0.05, 0.1) is 17.3 Å². The molecular formula is C17H12N4O2. The van der Waals surface area contributed by atoms with Gasteiger partial charge in [0.15, 0.2) is 17.5 Å². The fourth-order valence-electron chi connectivity index (χ4n) is 2.25. The van der Waals surface area contributed by atoms with Gasteiger partial charge in [-0.1, -0.05) is 29.4 Å². The summed E-state index contributed by atoms with van der Waals surface area (Å²) in [6.07, 6.45) is 1.56. The summed E-state index contributed by atoms with van der Waals surface area (Å²) < 4.78 is 5.15. The molecule has 0 radical (unpaired) electrons. The van der Waals surface area contributed by atoms with Gasteiger partial charge in [0, 0.05) is 11.8 Å². The van der Waals surface area contributed by atoms with Crippen LogP contribution in [0.3, 0.4) is 0 Å². The molecule has 6 heteroatoms. The van der Waals surface area contributed by atoms with Gasteiger partial charge < -0.3 is 4.52 Å². The molecule has 0 N–H and O–H groups in total. The fourth-order valence-corrected chi connectivity index (χ4v) is 2.25. The van der Waals surface area contributed by atoms with Gasteiger partial charge >= 0.3 is 0 Å². The fraction of sp³-hybridized carbons (Fsp3) is 0.118. The van der Waals surface area contributed by atoms with Crippen molar-refractivity contribution in [1.29, 1.82) is 5.26 Å². The van der Waals surface area contributed by atoms with Crippen LogP contribution < -0.4 is 0 Å². The van der Waals surface area contributed by atoms with E-state index < -0.39 is 5.92 Å². The summed E-state index contributed by atoms with van der Waals surface area (Å²) in [5.41, 5.74) is 1.28. The highest BCUT2D eigenvalue weighted by Gasteiger charge is 2.26. The Hall–Kier alpha value is -3.33. The molecular weight excluding hydrogens is 292 g/mol. The first-order valence-electron chi connectivity index (χ1n) is 6.95. The predicted octanol–water partition coefficient (Wildman–Crippen LogP) is 2.93. The van der Waals surface area contributed by atoms with Crippen molar-refractivity contribution in [2.75, 3.05) is 0 Å². The Morgan fingerprint density at radius 2 is 2.00 bits per heavy atom. The van der Waals surface area contributed by atoms with Crippen LogP contribution in [-0.4, -0.2) is 20.9 Å². The van der Waals surface area contributed by atoms with E-state index in [1.54, 1.807) is 55.6 Å². The molecule has 0 aliphatic heterocycles. The third-order valence-electron chi connectivity index (χ3n) is 3.33. The number of nitriles is 1. The summed E-state index contributed by atoms with van der Waals surface area (Å²) >= 11 is 0. The molecule has 0 aliphatic rings. The topological polar surface area (TPSA) is 92.7 Å². The number of carbonyl (C=O) groups is 1. The highest BCUT2D eigenvalue weighted by atomic mass is 16.5. The third-order valence-corrected chi connectivity index (χ3v) is 3.33. The van der Waals surface area contributed by atoms with Gasteiger partial charge in [-0.15, -0.1) is 0 Å². The normalized spacial score (nSPS) is 11.7. The van der Waals surface area contributed by atoms with Crippen LogP contribution in [0.4, 0.5) is 0 Å². The SMILES string of the molecule is Cc1noc(-c2ccccc2C(=O)[C@@H](C#N)c2ccccn2)n1. The molecule has 0 saturated carbocycles. The maximum atomic E-state index is 12.8. The van der Waals surface area contributed by atoms with E-state index in [0.29, 0.717) is 22.6 Å². The largest absolute Gasteiger partial charge is 0.334 e. The summed E-state index contributed by atoms with van der Waals surface area (Å²) in [5, 5.41) is 13.2. The predicted molar refractivity (Wildman–Crippen MR) is 81.4 cm³/mol. The lowest BCUT2D eigenvalue weighted by Gasteiger charge is -2.09. The van der Waals surface area contributed by atoms with Crippen LogP contribution in [0.1, 0.15) is 27.8 Å². The van der Waals surface area contributed by atoms with E-state index in [2.05, 4.69) is 15.1 Å². The van der Waals surface area contributed by atoms with E-state index in [9.17, 15) is 10.1 Å². The number of nitrogens with zero attached hydrogens (tertiary/aromatic N) is 4. The number of benzene rings is 1. The van der Waals surface area contributed by atoms with Crippen molar-refractivity contribution in [1.82, 2.24) is 15.1 Å². The van der Waals surface area contributed by atoms with E-state index in [1.807, 2.05) is 6.07 Å². The van der Waals surface area contributed by atoms with Gasteiger partial charge in [-0.2, -0.15) is 10.2 Å². The van der Waals surface area contributed by atoms with Crippen molar-refractivity contribution in [2.24, 2.45) is 0 Å². The van der Waals surface area contributed by atoms with Crippen molar-refractivity contribution < 1.29 is 9.32 Å². The summed E-state index contributed by atoms with van der Waals surface area (Å²) in [4.78, 5) is 21.1. The lowest BCUT2D eigenvalue weighted by atomic mass is 9.92. The zero-order valence-electron chi connectivity index (χ0n) is 12.3. The minimum Gasteiger partial charge on any atom is -0.334 e. The number of aromatic nitrogens is 3. The molecule has 0 unspecified atom stereocenters. The average molecular weight is 304 g/mol. The van der Waals surface area contributed by atoms with Crippen molar-refractivity contribution in [3.05, 3.63) is 65.7 Å². The average Bonchev–Trinajstić information content (AvgIpc) is 3.03. The van der Waals surface area contributed by atoms with E-state index in [-0.39, 0.29) is 11.7 Å². The minimum atomic E-state index is -0.985. The van der Waals surface area contributed by atoms with Crippen LogP contribution in [0.25, 0.3) is 11.5 Å². The molecule has 0 bridgehead atoms. The van der Waals surface area contributed by atoms with Crippen molar-refractivity contribution in [3.8, 4) is 17.5 Å². The smallest absolute Gasteiger partial charge is 0.258 e. The van der Waals surface area contributed by atoms with Crippen LogP contribution in [0.15, 0.2) is 53.2 Å². The van der Waals surface area contributed by atoms with E-state index in [4.69, 9.17) is 4.52 Å². The van der Waals surface area contributed by atoms with Crippen LogP contribution >= 0.6 is 0 Å². The molecule has 6 nitrogen and oxygen atoms in total. The van der Waals surface area contributed by atoms with E-state index in [0.717, 1.165) is 0 Å². The Kier molecular flexibility index (Phi) is 3.93. The molecule has 0 saturated heterocycles. The number of hydrogen-bond acceptors (Lipinski definition) is 6. The molecule has 23 heavy (non-hydrogen) atoms. The Balaban J connectivity index is 2.05. The molecule has 2 aromatic heterocycles. The molecule has 3 aromatic rings. The second kappa shape index (κ2) is 6.20. The van der Waals surface area contributed by atoms with Crippen LogP contribution in [0.5, 0.6) is 0 Å². The van der Waals surface area contributed by atoms with Gasteiger partial charge in [-0.05, 0) is 25.1 Å². The van der Waals surface area contributed by atoms with Gasteiger partial charge in [-0.3, -0.25) is 9.78 Å². The molecule has 0 fully saturated rings. The standard InChI is InChI=1S/C17H12N4O2/c1-11-20-17(23-21-11)13-7-3-2-6-12(13)16(22)14(10-18)15-8-4-5-9-19-15/h2-9,14H,1H3/t14-/m0/s1. The van der Waals surface area contributed by atoms with E-state index >= 15 is 0 Å². The highest BCUT2D eigenvalue weighted by Crippen LogP contribution is 2.27. The molecule has 1 aromatic carbocycles. The molecule has 0 amide bonds. The summed E-state index contributed by atoms with van der Waals surface area (Å²) in [6, 6.07) is 14.0. The Labute approximate surface area is 132 Å². The zero-order valence-corrected chi connectivity index (χ0v) is 12.3. The zero-order chi connectivity index (χ0) is 16.2. The molecule has 112 valence electrons. The summed E-state index contributed by atoms with van der Waals surface area (Å²) in [5.74, 6) is -0.605. The first-order chi connectivity index (χ1) is 11.2.